The average molecular weight is 238 g/mol. The second kappa shape index (κ2) is 4.09. The first kappa shape index (κ1) is 10.7. The van der Waals surface area contributed by atoms with Crippen LogP contribution in [0.3, 0.4) is 0 Å². The topological polar surface area (TPSA) is 34.2 Å². The lowest BCUT2D eigenvalue weighted by molar-refractivity contribution is 0.171. The zero-order chi connectivity index (χ0) is 11.0. The van der Waals surface area contributed by atoms with E-state index in [1.54, 1.807) is 0 Å². The van der Waals surface area contributed by atoms with Gasteiger partial charge in [0.05, 0.1) is 11.6 Å². The standard InChI is InChI=1S/C12H18N2OS/c1-12(4-5-15-8-12)14-7-10-6-13-11(16-10)9-2-3-9/h6,9,14H,2-5,7-8H2,1H3. The molecule has 1 aromatic heterocycles. The van der Waals surface area contributed by atoms with Gasteiger partial charge in [-0.3, -0.25) is 0 Å². The second-order valence-electron chi connectivity index (χ2n) is 5.16. The smallest absolute Gasteiger partial charge is 0.0959 e. The van der Waals surface area contributed by atoms with Crippen molar-refractivity contribution >= 4 is 11.3 Å². The molecule has 0 aromatic carbocycles. The van der Waals surface area contributed by atoms with E-state index >= 15 is 0 Å². The van der Waals surface area contributed by atoms with Crippen molar-refractivity contribution in [1.82, 2.24) is 10.3 Å². The molecule has 4 heteroatoms. The van der Waals surface area contributed by atoms with Crippen molar-refractivity contribution in [1.29, 1.82) is 0 Å². The summed E-state index contributed by atoms with van der Waals surface area (Å²) in [4.78, 5) is 5.85. The fourth-order valence-corrected chi connectivity index (χ4v) is 3.06. The van der Waals surface area contributed by atoms with Crippen molar-refractivity contribution in [2.24, 2.45) is 0 Å². The molecule has 2 heterocycles. The van der Waals surface area contributed by atoms with Gasteiger partial charge in [-0.2, -0.15) is 0 Å². The predicted octanol–water partition coefficient (Wildman–Crippen LogP) is 2.29. The first-order chi connectivity index (χ1) is 7.75. The third kappa shape index (κ3) is 2.29. The molecule has 1 saturated heterocycles. The molecule has 1 unspecified atom stereocenters. The van der Waals surface area contributed by atoms with Crippen molar-refractivity contribution in [2.45, 2.75) is 44.2 Å². The Hall–Kier alpha value is -0.450. The van der Waals surface area contributed by atoms with Crippen molar-refractivity contribution in [3.05, 3.63) is 16.1 Å². The van der Waals surface area contributed by atoms with Gasteiger partial charge in [-0.25, -0.2) is 4.98 Å². The van der Waals surface area contributed by atoms with Crippen molar-refractivity contribution < 1.29 is 4.74 Å². The van der Waals surface area contributed by atoms with Gasteiger partial charge in [0.15, 0.2) is 0 Å². The van der Waals surface area contributed by atoms with Gasteiger partial charge < -0.3 is 10.1 Å². The summed E-state index contributed by atoms with van der Waals surface area (Å²) in [6.45, 7) is 4.90. The minimum atomic E-state index is 0.170. The van der Waals surface area contributed by atoms with E-state index in [0.29, 0.717) is 0 Å². The number of hydrogen-bond acceptors (Lipinski definition) is 4. The van der Waals surface area contributed by atoms with Crippen LogP contribution in [0, 0.1) is 0 Å². The largest absolute Gasteiger partial charge is 0.379 e. The van der Waals surface area contributed by atoms with Gasteiger partial charge in [0.2, 0.25) is 0 Å². The summed E-state index contributed by atoms with van der Waals surface area (Å²) in [6, 6.07) is 0. The fourth-order valence-electron chi connectivity index (χ4n) is 2.03. The molecule has 1 aromatic rings. The van der Waals surface area contributed by atoms with Crippen LogP contribution in [-0.2, 0) is 11.3 Å². The third-order valence-electron chi connectivity index (χ3n) is 3.41. The van der Waals surface area contributed by atoms with Gasteiger partial charge in [-0.1, -0.05) is 0 Å². The van der Waals surface area contributed by atoms with Gasteiger partial charge in [0.1, 0.15) is 0 Å². The minimum absolute atomic E-state index is 0.170. The van der Waals surface area contributed by atoms with Crippen molar-refractivity contribution in [3.8, 4) is 0 Å². The lowest BCUT2D eigenvalue weighted by Gasteiger charge is -2.22. The van der Waals surface area contributed by atoms with Gasteiger partial charge in [0, 0.05) is 35.7 Å². The summed E-state index contributed by atoms with van der Waals surface area (Å²) in [7, 11) is 0. The molecule has 1 aliphatic heterocycles. The SMILES string of the molecule is CC1(NCc2cnc(C3CC3)s2)CCOC1. The Morgan fingerprint density at radius 2 is 2.50 bits per heavy atom. The number of rotatable bonds is 4. The van der Waals surface area contributed by atoms with Crippen LogP contribution >= 0.6 is 11.3 Å². The van der Waals surface area contributed by atoms with Crippen LogP contribution in [-0.4, -0.2) is 23.7 Å². The Labute approximate surface area is 100 Å². The Balaban J connectivity index is 1.56. The third-order valence-corrected chi connectivity index (χ3v) is 4.57. The maximum absolute atomic E-state index is 5.43. The molecule has 3 rings (SSSR count). The monoisotopic (exact) mass is 238 g/mol. The van der Waals surface area contributed by atoms with Crippen LogP contribution in [0.4, 0.5) is 0 Å². The molecule has 2 fully saturated rings. The average Bonchev–Trinajstić information content (AvgIpc) is 2.87. The lowest BCUT2D eigenvalue weighted by Crippen LogP contribution is -2.42. The predicted molar refractivity (Wildman–Crippen MR) is 64.8 cm³/mol. The molecule has 0 bridgehead atoms. The second-order valence-corrected chi connectivity index (χ2v) is 6.30. The molecule has 1 saturated carbocycles. The minimum Gasteiger partial charge on any atom is -0.379 e. The highest BCUT2D eigenvalue weighted by molar-refractivity contribution is 7.11. The molecule has 3 nitrogen and oxygen atoms in total. The Morgan fingerprint density at radius 3 is 3.19 bits per heavy atom. The number of nitrogens with zero attached hydrogens (tertiary/aromatic N) is 1. The molecular weight excluding hydrogens is 220 g/mol. The van der Waals surface area contributed by atoms with Gasteiger partial charge >= 0.3 is 0 Å². The molecule has 16 heavy (non-hydrogen) atoms. The van der Waals surface area contributed by atoms with Crippen molar-refractivity contribution in [2.75, 3.05) is 13.2 Å². The van der Waals surface area contributed by atoms with Crippen LogP contribution in [0.2, 0.25) is 0 Å². The maximum atomic E-state index is 5.43. The summed E-state index contributed by atoms with van der Waals surface area (Å²) in [6.07, 6.45) is 5.82. The molecule has 2 aliphatic rings. The molecule has 1 atom stereocenters. The van der Waals surface area contributed by atoms with Gasteiger partial charge in [-0.05, 0) is 26.2 Å². The summed E-state index contributed by atoms with van der Waals surface area (Å²) >= 11 is 1.87. The maximum Gasteiger partial charge on any atom is 0.0959 e. The highest BCUT2D eigenvalue weighted by Crippen LogP contribution is 2.41. The normalized spacial score (nSPS) is 29.8. The zero-order valence-electron chi connectivity index (χ0n) is 9.66. The van der Waals surface area contributed by atoms with E-state index in [1.165, 1.54) is 22.7 Å². The highest BCUT2D eigenvalue weighted by Gasteiger charge is 2.30. The van der Waals surface area contributed by atoms with E-state index in [2.05, 4.69) is 17.2 Å². The van der Waals surface area contributed by atoms with Gasteiger partial charge in [-0.15, -0.1) is 11.3 Å². The Kier molecular flexibility index (Phi) is 2.73. The molecule has 0 amide bonds. The van der Waals surface area contributed by atoms with E-state index in [-0.39, 0.29) is 5.54 Å². The molecular formula is C12H18N2OS. The first-order valence-corrected chi connectivity index (χ1v) is 6.84. The summed E-state index contributed by atoms with van der Waals surface area (Å²) < 4.78 is 5.43. The number of nitrogens with one attached hydrogen (secondary N) is 1. The number of aromatic nitrogens is 1. The highest BCUT2D eigenvalue weighted by atomic mass is 32.1. The number of thiazole rings is 1. The molecule has 0 radical (unpaired) electrons. The molecule has 0 spiro atoms. The number of ether oxygens (including phenoxy) is 1. The van der Waals surface area contributed by atoms with Crippen molar-refractivity contribution in [3.63, 3.8) is 0 Å². The quantitative estimate of drug-likeness (QED) is 0.874. The lowest BCUT2D eigenvalue weighted by atomic mass is 10.0. The molecule has 1 aliphatic carbocycles. The summed E-state index contributed by atoms with van der Waals surface area (Å²) in [5.41, 5.74) is 0.170. The zero-order valence-corrected chi connectivity index (χ0v) is 10.5. The van der Waals surface area contributed by atoms with E-state index in [0.717, 1.165) is 32.1 Å². The van der Waals surface area contributed by atoms with Crippen LogP contribution in [0.5, 0.6) is 0 Å². The van der Waals surface area contributed by atoms with E-state index in [4.69, 9.17) is 4.74 Å². The fraction of sp³-hybridized carbons (Fsp3) is 0.750. The molecule has 88 valence electrons. The van der Waals surface area contributed by atoms with E-state index in [9.17, 15) is 0 Å². The summed E-state index contributed by atoms with van der Waals surface area (Å²) in [5, 5.41) is 4.93. The van der Waals surface area contributed by atoms with E-state index < -0.39 is 0 Å². The van der Waals surface area contributed by atoms with Crippen LogP contribution in [0.1, 0.15) is 42.0 Å². The van der Waals surface area contributed by atoms with E-state index in [1.807, 2.05) is 17.5 Å². The van der Waals surface area contributed by atoms with Crippen LogP contribution in [0.25, 0.3) is 0 Å². The summed E-state index contributed by atoms with van der Waals surface area (Å²) in [5.74, 6) is 0.782. The first-order valence-electron chi connectivity index (χ1n) is 6.03. The van der Waals surface area contributed by atoms with Crippen LogP contribution in [0.15, 0.2) is 6.20 Å². The van der Waals surface area contributed by atoms with Crippen LogP contribution < -0.4 is 5.32 Å². The Bertz CT molecular complexity index is 367. The Morgan fingerprint density at radius 1 is 1.62 bits per heavy atom. The number of hydrogen-bond donors (Lipinski definition) is 1. The molecule has 1 N–H and O–H groups in total. The van der Waals surface area contributed by atoms with Gasteiger partial charge in [0.25, 0.3) is 0 Å².